The molecule has 0 aromatic carbocycles. The molecule has 440 valence electrons. The van der Waals surface area contributed by atoms with E-state index in [1.54, 1.807) is 25.7 Å². The zero-order valence-corrected chi connectivity index (χ0v) is 48.1. The number of ether oxygens (including phenoxy) is 1. The molecule has 77 heavy (non-hydrogen) atoms. The van der Waals surface area contributed by atoms with Gasteiger partial charge >= 0.3 is 5.97 Å². The fraction of sp³-hybridized carbons (Fsp3) is 0.745. The number of aliphatic hydroxyl groups excluding tert-OH is 1. The third kappa shape index (κ3) is 24.5. The minimum absolute atomic E-state index is 0.0795. The van der Waals surface area contributed by atoms with Crippen molar-refractivity contribution in [2.24, 2.45) is 52.2 Å². The van der Waals surface area contributed by atoms with Crippen LogP contribution in [0.25, 0.3) is 0 Å². The van der Waals surface area contributed by atoms with Gasteiger partial charge in [-0.05, 0) is 87.5 Å². The molecule has 0 aromatic heterocycles. The molecule has 9 atom stereocenters. The van der Waals surface area contributed by atoms with Crippen molar-refractivity contribution in [2.45, 2.75) is 221 Å². The van der Waals surface area contributed by atoms with Crippen molar-refractivity contribution in [3.05, 3.63) is 23.3 Å². The van der Waals surface area contributed by atoms with Gasteiger partial charge in [-0.1, -0.05) is 101 Å². The van der Waals surface area contributed by atoms with E-state index < -0.39 is 54.3 Å². The first kappa shape index (κ1) is 71.1. The average molecular weight is 1090 g/mol. The third-order valence-electron chi connectivity index (χ3n) is 13.9. The molecule has 3 fully saturated rings. The number of carbonyl (C=O) groups is 10. The predicted molar refractivity (Wildman–Crippen MR) is 295 cm³/mol. The highest BCUT2D eigenvalue weighted by Crippen LogP contribution is 2.27. The number of amides is 9. The molecule has 5 rings (SSSR count). The molecule has 22 heteroatoms. The van der Waals surface area contributed by atoms with Gasteiger partial charge in [0.15, 0.2) is 0 Å². The van der Waals surface area contributed by atoms with E-state index in [0.29, 0.717) is 101 Å². The molecular formula is C55H98N10O12. The van der Waals surface area contributed by atoms with Gasteiger partial charge in [-0.15, -0.1) is 0 Å². The molecule has 22 nitrogen and oxygen atoms in total. The van der Waals surface area contributed by atoms with Crippen molar-refractivity contribution >= 4 is 59.1 Å². The molecule has 3 saturated heterocycles. The Bertz CT molecular complexity index is 1840. The molecule has 0 bridgehead atoms. The van der Waals surface area contributed by atoms with Gasteiger partial charge in [-0.3, -0.25) is 43.2 Å². The second-order valence-corrected chi connectivity index (χ2v) is 20.2. The van der Waals surface area contributed by atoms with Crippen molar-refractivity contribution in [1.82, 2.24) is 19.6 Å². The SMILES string of the molecule is CCCC1=CC(=O)N(C(CC)C(N)=O)C1.CCCC1=CC(=O)OC1O.CCC[C@@H]1CC(=O)N(C(CC)C(N)=O)C1.CCC[C@@H]1CC(=O)N(C(CC)C(N)=O)C1.CCC[C@H]1CC(=O)N(C(CC)C(N)=O)C1.CC[C@H](N)C(N)=O. The monoisotopic (exact) mass is 1090 g/mol. The van der Waals surface area contributed by atoms with E-state index in [1.807, 2.05) is 41.5 Å². The summed E-state index contributed by atoms with van der Waals surface area (Å²) < 4.78 is 4.45. The first-order valence-electron chi connectivity index (χ1n) is 28.0. The van der Waals surface area contributed by atoms with Crippen LogP contribution < -0.4 is 34.4 Å². The van der Waals surface area contributed by atoms with Gasteiger partial charge in [0.1, 0.15) is 24.2 Å². The summed E-state index contributed by atoms with van der Waals surface area (Å²) in [4.78, 5) is 118. The maximum absolute atomic E-state index is 11.7. The molecule has 0 spiro atoms. The highest BCUT2D eigenvalue weighted by Gasteiger charge is 2.38. The van der Waals surface area contributed by atoms with Crippen LogP contribution in [0.5, 0.6) is 0 Å². The van der Waals surface area contributed by atoms with E-state index in [0.717, 1.165) is 69.8 Å². The molecule has 5 aliphatic heterocycles. The maximum atomic E-state index is 11.7. The average Bonchev–Trinajstić information content (AvgIpc) is 4.17. The summed E-state index contributed by atoms with van der Waals surface area (Å²) in [5.41, 5.74) is 32.8. The molecule has 5 heterocycles. The smallest absolute Gasteiger partial charge is 0.333 e. The van der Waals surface area contributed by atoms with Crippen LogP contribution in [0, 0.1) is 17.8 Å². The summed E-state index contributed by atoms with van der Waals surface area (Å²) in [5.74, 6) is -1.03. The number of nitrogens with two attached hydrogens (primary N) is 6. The highest BCUT2D eigenvalue weighted by atomic mass is 16.6. The number of primary amides is 5. The third-order valence-corrected chi connectivity index (χ3v) is 13.9. The molecule has 5 aliphatic rings. The lowest BCUT2D eigenvalue weighted by Crippen LogP contribution is -2.45. The summed E-state index contributed by atoms with van der Waals surface area (Å²) in [6.07, 6.45) is 16.8. The van der Waals surface area contributed by atoms with Crippen LogP contribution in [0.1, 0.15) is 185 Å². The quantitative estimate of drug-likeness (QED) is 0.0683. The highest BCUT2D eigenvalue weighted by molar-refractivity contribution is 5.95. The minimum atomic E-state index is -0.979. The van der Waals surface area contributed by atoms with Crippen LogP contribution in [0.3, 0.4) is 0 Å². The van der Waals surface area contributed by atoms with Crippen molar-refractivity contribution in [1.29, 1.82) is 0 Å². The number of hydrogen-bond donors (Lipinski definition) is 7. The topological polar surface area (TPSA) is 369 Å². The Labute approximate surface area is 458 Å². The van der Waals surface area contributed by atoms with Crippen molar-refractivity contribution < 1.29 is 57.8 Å². The zero-order chi connectivity index (χ0) is 59.1. The van der Waals surface area contributed by atoms with Crippen LogP contribution in [0.2, 0.25) is 0 Å². The van der Waals surface area contributed by atoms with Crippen molar-refractivity contribution in [3.8, 4) is 0 Å². The normalized spacial score (nSPS) is 21.4. The van der Waals surface area contributed by atoms with Crippen LogP contribution in [-0.4, -0.2) is 147 Å². The number of likely N-dealkylation sites (tertiary alicyclic amines) is 3. The van der Waals surface area contributed by atoms with Gasteiger partial charge in [-0.2, -0.15) is 0 Å². The van der Waals surface area contributed by atoms with E-state index in [1.165, 1.54) is 6.08 Å². The van der Waals surface area contributed by atoms with Crippen LogP contribution >= 0.6 is 0 Å². The largest absolute Gasteiger partial charge is 0.429 e. The van der Waals surface area contributed by atoms with Crippen molar-refractivity contribution in [2.75, 3.05) is 26.2 Å². The second kappa shape index (κ2) is 37.8. The van der Waals surface area contributed by atoms with Crippen LogP contribution in [-0.2, 0) is 52.7 Å². The fourth-order valence-corrected chi connectivity index (χ4v) is 9.90. The van der Waals surface area contributed by atoms with Gasteiger partial charge in [0.05, 0.1) is 6.04 Å². The Hall–Kier alpha value is -5.90. The Morgan fingerprint density at radius 2 is 0.844 bits per heavy atom. The first-order chi connectivity index (χ1) is 36.3. The standard InChI is InChI=1S/3C11H20N2O2.C11H18N2O2.C7H10O3.C4H10N2O/c4*1-3-5-8-6-10(14)13(7-8)9(4-2)11(12)15;1-2-3-5-4-6(8)10-7(5)9;1-2-3(5)4(6)7/h3*8-9H,3-7H2,1-2H3,(H2,12,15);6,9H,3-5,7H2,1-2H3,(H2,12,15);4,7,9H,2-3H2,1H3;3H,2,5H2,1H3,(H2,6,7)/t3*8-,9?;;;3-/m110..0/s1. The molecule has 13 N–H and O–H groups in total. The Morgan fingerprint density at radius 1 is 0.506 bits per heavy atom. The van der Waals surface area contributed by atoms with E-state index in [4.69, 9.17) is 39.5 Å². The number of carbonyl (C=O) groups excluding carboxylic acids is 10. The molecule has 0 aliphatic carbocycles. The Balaban J connectivity index is 0.000000914. The number of nitrogens with zero attached hydrogens (tertiary/aromatic N) is 4. The second-order valence-electron chi connectivity index (χ2n) is 20.2. The maximum Gasteiger partial charge on any atom is 0.333 e. The first-order valence-corrected chi connectivity index (χ1v) is 28.0. The summed E-state index contributed by atoms with van der Waals surface area (Å²) in [7, 11) is 0. The lowest BCUT2D eigenvalue weighted by molar-refractivity contribution is -0.151. The number of hydrogen-bond acceptors (Lipinski definition) is 13. The van der Waals surface area contributed by atoms with Crippen molar-refractivity contribution in [3.63, 3.8) is 0 Å². The van der Waals surface area contributed by atoms with E-state index in [2.05, 4.69) is 32.4 Å². The predicted octanol–water partition coefficient (Wildman–Crippen LogP) is 3.31. The van der Waals surface area contributed by atoms with Gasteiger partial charge in [-0.25, -0.2) is 4.79 Å². The molecule has 0 radical (unpaired) electrons. The summed E-state index contributed by atoms with van der Waals surface area (Å²) in [6.45, 7) is 22.4. The van der Waals surface area contributed by atoms with E-state index in [-0.39, 0.29) is 41.4 Å². The van der Waals surface area contributed by atoms with E-state index >= 15 is 0 Å². The van der Waals surface area contributed by atoms with Gasteiger partial charge in [0.2, 0.25) is 59.5 Å². The number of cyclic esters (lactones) is 1. The van der Waals surface area contributed by atoms with Gasteiger partial charge < -0.3 is 63.8 Å². The molecule has 9 amide bonds. The number of aliphatic hydroxyl groups is 1. The molecular weight excluding hydrogens is 993 g/mol. The van der Waals surface area contributed by atoms with Crippen LogP contribution in [0.15, 0.2) is 23.3 Å². The summed E-state index contributed by atoms with van der Waals surface area (Å²) >= 11 is 0. The summed E-state index contributed by atoms with van der Waals surface area (Å²) in [5, 5.41) is 8.98. The Morgan fingerprint density at radius 3 is 1.08 bits per heavy atom. The Kier molecular flexibility index (Phi) is 34.9. The van der Waals surface area contributed by atoms with Gasteiger partial charge in [0.25, 0.3) is 0 Å². The zero-order valence-electron chi connectivity index (χ0n) is 48.1. The van der Waals surface area contributed by atoms with E-state index in [9.17, 15) is 47.9 Å². The molecule has 5 unspecified atom stereocenters. The lowest BCUT2D eigenvalue weighted by atomic mass is 10.0. The number of esters is 1. The minimum Gasteiger partial charge on any atom is -0.429 e. The molecule has 0 saturated carbocycles. The number of rotatable bonds is 24. The van der Waals surface area contributed by atoms with Crippen LogP contribution in [0.4, 0.5) is 0 Å². The van der Waals surface area contributed by atoms with Gasteiger partial charge in [0, 0.05) is 63.2 Å². The summed E-state index contributed by atoms with van der Waals surface area (Å²) in [6, 6.07) is -2.12. The lowest BCUT2D eigenvalue weighted by Gasteiger charge is -2.24. The fourth-order valence-electron chi connectivity index (χ4n) is 9.90. The molecule has 0 aromatic rings.